The number of ketones is 1. The predicted molar refractivity (Wildman–Crippen MR) is 100 cm³/mol. The number of piperidine rings is 1. The van der Waals surface area contributed by atoms with Crippen LogP contribution in [0, 0.1) is 5.82 Å². The summed E-state index contributed by atoms with van der Waals surface area (Å²) in [5.41, 5.74) is -0.256. The van der Waals surface area contributed by atoms with E-state index in [1.54, 1.807) is 29.2 Å². The number of Topliss-reactive ketones (excluding diaryl/α,β-unsaturated/α-hetero) is 1. The Morgan fingerprint density at radius 2 is 1.85 bits per heavy atom. The molecule has 2 aliphatic heterocycles. The quantitative estimate of drug-likeness (QED) is 0.683. The van der Waals surface area contributed by atoms with Gasteiger partial charge in [0.1, 0.15) is 17.2 Å². The lowest BCUT2D eigenvalue weighted by Gasteiger charge is -2.44. The van der Waals surface area contributed by atoms with Crippen molar-refractivity contribution in [2.45, 2.75) is 24.9 Å². The van der Waals surface area contributed by atoms with Crippen molar-refractivity contribution >= 4 is 34.9 Å². The standard InChI is InChI=1S/C20H16Cl2FNO3/c21-12-9-14-17(25)11-20(27-18(14)15(22)10-12)5-7-24(8-6-20)19(26)13-3-1-2-4-16(13)23/h1-4,9-10H,5-8,11H2. The lowest BCUT2D eigenvalue weighted by atomic mass is 9.82. The average Bonchev–Trinajstić information content (AvgIpc) is 2.63. The minimum Gasteiger partial charge on any atom is -0.484 e. The molecule has 0 saturated carbocycles. The number of hydrogen-bond donors (Lipinski definition) is 0. The zero-order valence-corrected chi connectivity index (χ0v) is 15.8. The Hall–Kier alpha value is -2.11. The minimum atomic E-state index is -0.701. The molecule has 4 rings (SSSR count). The van der Waals surface area contributed by atoms with E-state index in [1.165, 1.54) is 12.1 Å². The molecule has 2 aliphatic rings. The Kier molecular flexibility index (Phi) is 4.60. The predicted octanol–water partition coefficient (Wildman–Crippen LogP) is 4.77. The molecule has 2 heterocycles. The van der Waals surface area contributed by atoms with Gasteiger partial charge in [-0.2, -0.15) is 0 Å². The summed E-state index contributed by atoms with van der Waals surface area (Å²) >= 11 is 12.2. The third kappa shape index (κ3) is 3.30. The fraction of sp³-hybridized carbons (Fsp3) is 0.300. The summed E-state index contributed by atoms with van der Waals surface area (Å²) < 4.78 is 20.0. The topological polar surface area (TPSA) is 46.6 Å². The molecular weight excluding hydrogens is 392 g/mol. The van der Waals surface area contributed by atoms with Crippen LogP contribution in [-0.2, 0) is 0 Å². The second kappa shape index (κ2) is 6.80. The number of nitrogens with zero attached hydrogens (tertiary/aromatic N) is 1. The number of amides is 1. The molecule has 0 unspecified atom stereocenters. The van der Waals surface area contributed by atoms with Crippen molar-refractivity contribution in [3.8, 4) is 5.75 Å². The number of halogens is 3. The van der Waals surface area contributed by atoms with E-state index >= 15 is 0 Å². The molecule has 0 aliphatic carbocycles. The van der Waals surface area contributed by atoms with Crippen LogP contribution in [0.4, 0.5) is 4.39 Å². The average molecular weight is 408 g/mol. The van der Waals surface area contributed by atoms with Crippen molar-refractivity contribution < 1.29 is 18.7 Å². The molecule has 2 aromatic rings. The highest BCUT2D eigenvalue weighted by molar-refractivity contribution is 6.36. The van der Waals surface area contributed by atoms with E-state index < -0.39 is 11.4 Å². The van der Waals surface area contributed by atoms with Crippen LogP contribution in [0.2, 0.25) is 10.0 Å². The first-order valence-corrected chi connectivity index (χ1v) is 9.39. The van der Waals surface area contributed by atoms with Gasteiger partial charge in [-0.15, -0.1) is 0 Å². The smallest absolute Gasteiger partial charge is 0.256 e. The van der Waals surface area contributed by atoms with Gasteiger partial charge in [0.2, 0.25) is 0 Å². The molecular formula is C20H16Cl2FNO3. The number of carbonyl (C=O) groups is 2. The number of carbonyl (C=O) groups excluding carboxylic acids is 2. The summed E-state index contributed by atoms with van der Waals surface area (Å²) in [7, 11) is 0. The van der Waals surface area contributed by atoms with Gasteiger partial charge in [-0.05, 0) is 24.3 Å². The summed E-state index contributed by atoms with van der Waals surface area (Å²) in [6.45, 7) is 0.752. The monoisotopic (exact) mass is 407 g/mol. The van der Waals surface area contributed by atoms with Gasteiger partial charge in [-0.25, -0.2) is 4.39 Å². The first kappa shape index (κ1) is 18.3. The SMILES string of the molecule is O=C1CC2(CCN(C(=O)c3ccccc3F)CC2)Oc2c(Cl)cc(Cl)cc21. The molecule has 0 radical (unpaired) electrons. The highest BCUT2D eigenvalue weighted by Crippen LogP contribution is 2.44. The van der Waals surface area contributed by atoms with Crippen LogP contribution in [0.15, 0.2) is 36.4 Å². The Balaban J connectivity index is 1.53. The van der Waals surface area contributed by atoms with Crippen molar-refractivity contribution in [1.82, 2.24) is 4.90 Å². The molecule has 140 valence electrons. The van der Waals surface area contributed by atoms with Crippen LogP contribution in [0.5, 0.6) is 5.75 Å². The molecule has 2 aromatic carbocycles. The molecule has 0 atom stereocenters. The van der Waals surface area contributed by atoms with Gasteiger partial charge in [-0.1, -0.05) is 35.3 Å². The highest BCUT2D eigenvalue weighted by atomic mass is 35.5. The summed E-state index contributed by atoms with van der Waals surface area (Å²) in [5, 5.41) is 0.687. The molecule has 7 heteroatoms. The third-order valence-electron chi connectivity index (χ3n) is 5.18. The van der Waals surface area contributed by atoms with Gasteiger partial charge in [0.05, 0.1) is 22.6 Å². The zero-order valence-electron chi connectivity index (χ0n) is 14.3. The summed E-state index contributed by atoms with van der Waals surface area (Å²) in [5.74, 6) is -0.611. The molecule has 1 amide bonds. The summed E-state index contributed by atoms with van der Waals surface area (Å²) in [4.78, 5) is 26.8. The molecule has 0 aromatic heterocycles. The van der Waals surface area contributed by atoms with Gasteiger partial charge >= 0.3 is 0 Å². The van der Waals surface area contributed by atoms with E-state index in [4.69, 9.17) is 27.9 Å². The van der Waals surface area contributed by atoms with Crippen molar-refractivity contribution in [3.63, 3.8) is 0 Å². The largest absolute Gasteiger partial charge is 0.484 e. The van der Waals surface area contributed by atoms with Crippen LogP contribution in [0.1, 0.15) is 40.0 Å². The van der Waals surface area contributed by atoms with E-state index in [1.807, 2.05) is 0 Å². The van der Waals surface area contributed by atoms with Crippen LogP contribution in [0.3, 0.4) is 0 Å². The maximum Gasteiger partial charge on any atom is 0.256 e. The van der Waals surface area contributed by atoms with E-state index in [0.29, 0.717) is 47.3 Å². The van der Waals surface area contributed by atoms with E-state index in [9.17, 15) is 14.0 Å². The van der Waals surface area contributed by atoms with E-state index in [0.717, 1.165) is 0 Å². The zero-order chi connectivity index (χ0) is 19.2. The Morgan fingerprint density at radius 3 is 2.56 bits per heavy atom. The lowest BCUT2D eigenvalue weighted by Crippen LogP contribution is -2.52. The van der Waals surface area contributed by atoms with Crippen molar-refractivity contribution in [2.24, 2.45) is 0 Å². The normalized spacial score (nSPS) is 18.2. The maximum atomic E-state index is 13.9. The fourth-order valence-electron chi connectivity index (χ4n) is 3.71. The Labute approximate surface area is 165 Å². The molecule has 1 spiro atoms. The lowest BCUT2D eigenvalue weighted by molar-refractivity contribution is -0.00573. The Morgan fingerprint density at radius 1 is 1.15 bits per heavy atom. The summed E-state index contributed by atoms with van der Waals surface area (Å²) in [6, 6.07) is 9.04. The number of hydrogen-bond acceptors (Lipinski definition) is 3. The van der Waals surface area contributed by atoms with Gasteiger partial charge in [0.15, 0.2) is 5.78 Å². The third-order valence-corrected chi connectivity index (χ3v) is 5.68. The number of benzene rings is 2. The van der Waals surface area contributed by atoms with Crippen LogP contribution >= 0.6 is 23.2 Å². The molecule has 27 heavy (non-hydrogen) atoms. The van der Waals surface area contributed by atoms with Crippen LogP contribution in [-0.4, -0.2) is 35.3 Å². The van der Waals surface area contributed by atoms with E-state index in [-0.39, 0.29) is 23.7 Å². The number of ether oxygens (including phenoxy) is 1. The minimum absolute atomic E-state index is 0.0529. The molecule has 1 saturated heterocycles. The fourth-order valence-corrected chi connectivity index (χ4v) is 4.24. The summed E-state index contributed by atoms with van der Waals surface area (Å²) in [6.07, 6.45) is 1.15. The second-order valence-corrected chi connectivity index (χ2v) is 7.77. The van der Waals surface area contributed by atoms with Crippen LogP contribution in [0.25, 0.3) is 0 Å². The maximum absolute atomic E-state index is 13.9. The van der Waals surface area contributed by atoms with Crippen molar-refractivity contribution in [2.75, 3.05) is 13.1 Å². The molecule has 1 fully saturated rings. The van der Waals surface area contributed by atoms with Crippen molar-refractivity contribution in [1.29, 1.82) is 0 Å². The first-order chi connectivity index (χ1) is 12.9. The second-order valence-electron chi connectivity index (χ2n) is 6.92. The van der Waals surface area contributed by atoms with Crippen molar-refractivity contribution in [3.05, 3.63) is 63.4 Å². The highest BCUT2D eigenvalue weighted by Gasteiger charge is 2.44. The Bertz CT molecular complexity index is 939. The van der Waals surface area contributed by atoms with Gasteiger partial charge < -0.3 is 9.64 Å². The number of likely N-dealkylation sites (tertiary alicyclic amines) is 1. The van der Waals surface area contributed by atoms with Gasteiger partial charge in [0, 0.05) is 31.0 Å². The number of rotatable bonds is 1. The molecule has 4 nitrogen and oxygen atoms in total. The molecule has 0 bridgehead atoms. The number of fused-ring (bicyclic) bond motifs is 1. The van der Waals surface area contributed by atoms with Gasteiger partial charge in [0.25, 0.3) is 5.91 Å². The van der Waals surface area contributed by atoms with Gasteiger partial charge in [-0.3, -0.25) is 9.59 Å². The van der Waals surface area contributed by atoms with Crippen LogP contribution < -0.4 is 4.74 Å². The molecule has 0 N–H and O–H groups in total. The first-order valence-electron chi connectivity index (χ1n) is 8.64. The van der Waals surface area contributed by atoms with E-state index in [2.05, 4.69) is 0 Å².